The van der Waals surface area contributed by atoms with Gasteiger partial charge in [-0.15, -0.1) is 0 Å². The van der Waals surface area contributed by atoms with Crippen molar-refractivity contribution in [2.75, 3.05) is 17.2 Å². The summed E-state index contributed by atoms with van der Waals surface area (Å²) in [5, 5.41) is 6.79. The van der Waals surface area contributed by atoms with Crippen molar-refractivity contribution in [3.05, 3.63) is 10.7 Å². The van der Waals surface area contributed by atoms with Gasteiger partial charge in [0.05, 0.1) is 4.47 Å². The van der Waals surface area contributed by atoms with Crippen LogP contribution < -0.4 is 10.6 Å². The molecule has 1 aliphatic carbocycles. The Hall–Kier alpha value is -0.840. The number of nitrogens with zero attached hydrogens (tertiary/aromatic N) is 2. The largest absolute Gasteiger partial charge is 0.366 e. The maximum absolute atomic E-state index is 4.56. The number of anilines is 2. The molecule has 2 N–H and O–H groups in total. The zero-order valence-corrected chi connectivity index (χ0v) is 14.0. The van der Waals surface area contributed by atoms with Crippen LogP contribution in [0.4, 0.5) is 11.8 Å². The molecule has 2 rings (SSSR count). The second-order valence-electron chi connectivity index (χ2n) is 5.65. The Labute approximate surface area is 130 Å². The first-order valence-corrected chi connectivity index (χ1v) is 8.53. The zero-order chi connectivity index (χ0) is 14.4. The van der Waals surface area contributed by atoms with Crippen molar-refractivity contribution in [2.24, 2.45) is 5.92 Å². The van der Waals surface area contributed by atoms with Gasteiger partial charge >= 0.3 is 0 Å². The molecule has 0 radical (unpaired) electrons. The summed E-state index contributed by atoms with van der Waals surface area (Å²) < 4.78 is 0.933. The van der Waals surface area contributed by atoms with Crippen molar-refractivity contribution in [3.8, 4) is 0 Å². The van der Waals surface area contributed by atoms with Gasteiger partial charge in [-0.2, -0.15) is 4.98 Å². The van der Waals surface area contributed by atoms with E-state index in [4.69, 9.17) is 0 Å². The topological polar surface area (TPSA) is 49.8 Å². The van der Waals surface area contributed by atoms with Gasteiger partial charge in [-0.25, -0.2) is 4.98 Å². The molecule has 1 atom stereocenters. The van der Waals surface area contributed by atoms with Crippen molar-refractivity contribution >= 4 is 27.7 Å². The van der Waals surface area contributed by atoms with Gasteiger partial charge in [0.1, 0.15) is 5.82 Å². The van der Waals surface area contributed by atoms with Gasteiger partial charge in [0.25, 0.3) is 0 Å². The van der Waals surface area contributed by atoms with Crippen molar-refractivity contribution in [2.45, 2.75) is 58.4 Å². The van der Waals surface area contributed by atoms with Crippen LogP contribution in [0.25, 0.3) is 0 Å². The molecule has 0 spiro atoms. The second kappa shape index (κ2) is 7.81. The van der Waals surface area contributed by atoms with Gasteiger partial charge in [0.15, 0.2) is 0 Å². The molecule has 1 aliphatic rings. The van der Waals surface area contributed by atoms with Gasteiger partial charge in [0.2, 0.25) is 5.95 Å². The average molecular weight is 341 g/mol. The molecule has 0 amide bonds. The summed E-state index contributed by atoms with van der Waals surface area (Å²) in [5.41, 5.74) is 0. The SMILES string of the molecule is CCCNc1ncc(Br)c(NC(C)C2CCCCC2)n1. The summed E-state index contributed by atoms with van der Waals surface area (Å²) in [7, 11) is 0. The number of hydrogen-bond donors (Lipinski definition) is 2. The van der Waals surface area contributed by atoms with Crippen LogP contribution >= 0.6 is 15.9 Å². The van der Waals surface area contributed by atoms with E-state index in [9.17, 15) is 0 Å². The lowest BCUT2D eigenvalue weighted by Crippen LogP contribution is -2.28. The minimum Gasteiger partial charge on any atom is -0.366 e. The number of aromatic nitrogens is 2. The first-order valence-electron chi connectivity index (χ1n) is 7.73. The Morgan fingerprint density at radius 1 is 1.35 bits per heavy atom. The fourth-order valence-electron chi connectivity index (χ4n) is 2.76. The van der Waals surface area contributed by atoms with Crippen LogP contribution in [0.5, 0.6) is 0 Å². The third-order valence-electron chi connectivity index (χ3n) is 4.00. The first kappa shape index (κ1) is 15.5. The molecular weight excluding hydrogens is 316 g/mol. The summed E-state index contributed by atoms with van der Waals surface area (Å²) >= 11 is 3.54. The maximum Gasteiger partial charge on any atom is 0.224 e. The highest BCUT2D eigenvalue weighted by Crippen LogP contribution is 2.29. The third-order valence-corrected chi connectivity index (χ3v) is 4.58. The van der Waals surface area contributed by atoms with E-state index in [2.05, 4.69) is 50.4 Å². The molecular formula is C15H25BrN4. The van der Waals surface area contributed by atoms with Crippen LogP contribution in [-0.2, 0) is 0 Å². The van der Waals surface area contributed by atoms with Gasteiger partial charge in [-0.05, 0) is 48.0 Å². The Kier molecular flexibility index (Phi) is 6.07. The van der Waals surface area contributed by atoms with Crippen LogP contribution in [0.1, 0.15) is 52.4 Å². The molecule has 1 aromatic rings. The predicted octanol–water partition coefficient (Wildman–Crippen LogP) is 4.44. The first-order chi connectivity index (χ1) is 9.70. The van der Waals surface area contributed by atoms with E-state index in [0.717, 1.165) is 29.2 Å². The van der Waals surface area contributed by atoms with Crippen LogP contribution in [-0.4, -0.2) is 22.6 Å². The van der Waals surface area contributed by atoms with Crippen LogP contribution in [0.3, 0.4) is 0 Å². The lowest BCUT2D eigenvalue weighted by Gasteiger charge is -2.28. The molecule has 112 valence electrons. The minimum absolute atomic E-state index is 0.459. The summed E-state index contributed by atoms with van der Waals surface area (Å²) in [4.78, 5) is 8.85. The van der Waals surface area contributed by atoms with Crippen molar-refractivity contribution in [3.63, 3.8) is 0 Å². The molecule has 20 heavy (non-hydrogen) atoms. The van der Waals surface area contributed by atoms with E-state index in [-0.39, 0.29) is 0 Å². The molecule has 0 aromatic carbocycles. The molecule has 1 aromatic heterocycles. The standard InChI is InChI=1S/C15H25BrN4/c1-3-9-17-15-18-10-13(16)14(20-15)19-11(2)12-7-5-4-6-8-12/h10-12H,3-9H2,1-2H3,(H2,17,18,19,20). The molecule has 4 nitrogen and oxygen atoms in total. The Morgan fingerprint density at radius 2 is 2.10 bits per heavy atom. The number of halogens is 1. The Balaban J connectivity index is 1.99. The fraction of sp³-hybridized carbons (Fsp3) is 0.733. The third kappa shape index (κ3) is 4.33. The van der Waals surface area contributed by atoms with E-state index in [0.29, 0.717) is 12.0 Å². The number of rotatable bonds is 6. The predicted molar refractivity (Wildman–Crippen MR) is 88.2 cm³/mol. The highest BCUT2D eigenvalue weighted by atomic mass is 79.9. The maximum atomic E-state index is 4.56. The molecule has 1 fully saturated rings. The summed E-state index contributed by atoms with van der Waals surface area (Å²) in [5.74, 6) is 2.36. The molecule has 1 heterocycles. The molecule has 0 saturated heterocycles. The monoisotopic (exact) mass is 340 g/mol. The molecule has 0 aliphatic heterocycles. The van der Waals surface area contributed by atoms with Gasteiger partial charge in [-0.1, -0.05) is 26.2 Å². The van der Waals surface area contributed by atoms with Crippen molar-refractivity contribution < 1.29 is 0 Å². The van der Waals surface area contributed by atoms with Gasteiger partial charge in [0, 0.05) is 18.8 Å². The van der Waals surface area contributed by atoms with Crippen molar-refractivity contribution in [1.82, 2.24) is 9.97 Å². The number of hydrogen-bond acceptors (Lipinski definition) is 4. The lowest BCUT2D eigenvalue weighted by molar-refractivity contribution is 0.328. The highest BCUT2D eigenvalue weighted by molar-refractivity contribution is 9.10. The minimum atomic E-state index is 0.459. The van der Waals surface area contributed by atoms with Crippen LogP contribution in [0.15, 0.2) is 10.7 Å². The Morgan fingerprint density at radius 3 is 2.80 bits per heavy atom. The molecule has 0 bridgehead atoms. The average Bonchev–Trinajstić information content (AvgIpc) is 2.49. The Bertz CT molecular complexity index is 418. The van der Waals surface area contributed by atoms with Gasteiger partial charge < -0.3 is 10.6 Å². The molecule has 1 unspecified atom stereocenters. The van der Waals surface area contributed by atoms with Crippen LogP contribution in [0, 0.1) is 5.92 Å². The second-order valence-corrected chi connectivity index (χ2v) is 6.50. The molecule has 5 heteroatoms. The van der Waals surface area contributed by atoms with E-state index in [1.807, 2.05) is 6.20 Å². The smallest absolute Gasteiger partial charge is 0.224 e. The lowest BCUT2D eigenvalue weighted by atomic mass is 9.84. The van der Waals surface area contributed by atoms with Gasteiger partial charge in [-0.3, -0.25) is 0 Å². The van der Waals surface area contributed by atoms with E-state index in [1.54, 1.807) is 0 Å². The summed E-state index contributed by atoms with van der Waals surface area (Å²) in [6.45, 7) is 5.30. The van der Waals surface area contributed by atoms with E-state index < -0.39 is 0 Å². The fourth-order valence-corrected chi connectivity index (χ4v) is 3.06. The zero-order valence-electron chi connectivity index (χ0n) is 12.5. The molecule has 1 saturated carbocycles. The van der Waals surface area contributed by atoms with E-state index >= 15 is 0 Å². The normalized spacial score (nSPS) is 17.8. The quantitative estimate of drug-likeness (QED) is 0.803. The van der Waals surface area contributed by atoms with E-state index in [1.165, 1.54) is 32.1 Å². The van der Waals surface area contributed by atoms with Crippen LogP contribution in [0.2, 0.25) is 0 Å². The summed E-state index contributed by atoms with van der Waals surface area (Å²) in [6.07, 6.45) is 9.68. The number of nitrogens with one attached hydrogen (secondary N) is 2. The van der Waals surface area contributed by atoms with Crippen molar-refractivity contribution in [1.29, 1.82) is 0 Å². The highest BCUT2D eigenvalue weighted by Gasteiger charge is 2.21. The summed E-state index contributed by atoms with van der Waals surface area (Å²) in [6, 6.07) is 0.459.